The van der Waals surface area contributed by atoms with Crippen LogP contribution >= 0.6 is 0 Å². The van der Waals surface area contributed by atoms with E-state index in [1.54, 1.807) is 0 Å². The number of hydrogen-bond donors (Lipinski definition) is 1. The van der Waals surface area contributed by atoms with Crippen LogP contribution in [0.15, 0.2) is 0 Å². The summed E-state index contributed by atoms with van der Waals surface area (Å²) in [5.74, 6) is -0.196. The lowest BCUT2D eigenvalue weighted by molar-refractivity contribution is -0.159. The summed E-state index contributed by atoms with van der Waals surface area (Å²) >= 11 is 0. The maximum Gasteiger partial charge on any atom is 0.410 e. The lowest BCUT2D eigenvalue weighted by Crippen LogP contribution is -2.58. The minimum absolute atomic E-state index is 0.204. The van der Waals surface area contributed by atoms with Gasteiger partial charge in [-0.1, -0.05) is 6.42 Å². The number of piperidine rings is 1. The number of rotatable bonds is 3. The molecule has 0 spiro atoms. The van der Waals surface area contributed by atoms with Crippen molar-refractivity contribution in [2.45, 2.75) is 83.9 Å². The number of carboxylic acid groups (broad SMARTS) is 1. The first-order valence-corrected chi connectivity index (χ1v) is 10.1. The summed E-state index contributed by atoms with van der Waals surface area (Å²) in [6.45, 7) is 10.2. The van der Waals surface area contributed by atoms with Gasteiger partial charge >= 0.3 is 12.1 Å². The first kappa shape index (κ1) is 19.5. The molecule has 3 aliphatic rings. The Morgan fingerprint density at radius 3 is 2.42 bits per heavy atom. The van der Waals surface area contributed by atoms with E-state index in [9.17, 15) is 14.7 Å². The van der Waals surface area contributed by atoms with E-state index in [1.165, 1.54) is 12.8 Å². The second-order valence-electron chi connectivity index (χ2n) is 9.70. The minimum atomic E-state index is -0.667. The molecule has 148 valence electrons. The van der Waals surface area contributed by atoms with E-state index < -0.39 is 17.0 Å². The van der Waals surface area contributed by atoms with Crippen molar-refractivity contribution >= 4 is 12.1 Å². The van der Waals surface area contributed by atoms with Crippen molar-refractivity contribution in [2.75, 3.05) is 19.6 Å². The quantitative estimate of drug-likeness (QED) is 0.829. The van der Waals surface area contributed by atoms with Crippen LogP contribution in [0.2, 0.25) is 0 Å². The number of hydrogen-bond acceptors (Lipinski definition) is 4. The predicted molar refractivity (Wildman–Crippen MR) is 99.0 cm³/mol. The van der Waals surface area contributed by atoms with Gasteiger partial charge in [0.05, 0.1) is 5.41 Å². The largest absolute Gasteiger partial charge is 0.481 e. The zero-order valence-electron chi connectivity index (χ0n) is 16.7. The SMILES string of the molecule is CC(C)(C)OC(=O)N1CCC(C2CCCCN2C2CC(C)(C(=O)O)C2)C1. The fourth-order valence-corrected chi connectivity index (χ4v) is 4.92. The molecule has 2 unspecified atom stereocenters. The molecular formula is C20H34N2O4. The van der Waals surface area contributed by atoms with Crippen molar-refractivity contribution < 1.29 is 19.4 Å². The molecule has 3 rings (SSSR count). The van der Waals surface area contributed by atoms with Gasteiger partial charge in [-0.15, -0.1) is 0 Å². The molecule has 6 nitrogen and oxygen atoms in total. The van der Waals surface area contributed by atoms with Gasteiger partial charge in [0.2, 0.25) is 0 Å². The normalized spacial score (nSPS) is 35.8. The van der Waals surface area contributed by atoms with Crippen LogP contribution in [0, 0.1) is 11.3 Å². The summed E-state index contributed by atoms with van der Waals surface area (Å²) in [6.07, 6.45) is 5.90. The Morgan fingerprint density at radius 2 is 1.81 bits per heavy atom. The van der Waals surface area contributed by atoms with Crippen molar-refractivity contribution in [3.05, 3.63) is 0 Å². The third-order valence-corrected chi connectivity index (χ3v) is 6.37. The first-order valence-electron chi connectivity index (χ1n) is 10.1. The van der Waals surface area contributed by atoms with Crippen molar-refractivity contribution in [2.24, 2.45) is 11.3 Å². The molecule has 1 N–H and O–H groups in total. The Bertz CT molecular complexity index is 551. The average Bonchev–Trinajstić information content (AvgIpc) is 3.00. The second kappa shape index (κ2) is 7.02. The summed E-state index contributed by atoms with van der Waals surface area (Å²) < 4.78 is 5.53. The Balaban J connectivity index is 1.59. The molecule has 2 aliphatic heterocycles. The van der Waals surface area contributed by atoms with Gasteiger partial charge < -0.3 is 14.7 Å². The smallest absolute Gasteiger partial charge is 0.410 e. The van der Waals surface area contributed by atoms with Crippen LogP contribution in [-0.2, 0) is 9.53 Å². The standard InChI is InChI=1S/C20H34N2O4/c1-19(2,3)26-18(25)21-10-8-14(13-21)16-7-5-6-9-22(16)15-11-20(4,12-15)17(23)24/h14-16H,5-13H2,1-4H3,(H,23,24). The van der Waals surface area contributed by atoms with Gasteiger partial charge in [-0.3, -0.25) is 9.69 Å². The Kier molecular flexibility index (Phi) is 5.26. The maximum absolute atomic E-state index is 12.4. The number of aliphatic carboxylic acids is 1. The molecule has 2 saturated heterocycles. The maximum atomic E-state index is 12.4. The summed E-state index contributed by atoms with van der Waals surface area (Å²) in [4.78, 5) is 28.2. The van der Waals surface area contributed by atoms with Gasteiger partial charge in [0.1, 0.15) is 5.60 Å². The zero-order valence-corrected chi connectivity index (χ0v) is 16.7. The van der Waals surface area contributed by atoms with Gasteiger partial charge in [-0.2, -0.15) is 0 Å². The van der Waals surface area contributed by atoms with Crippen molar-refractivity contribution in [1.82, 2.24) is 9.80 Å². The summed E-state index contributed by atoms with van der Waals surface area (Å²) in [7, 11) is 0. The summed E-state index contributed by atoms with van der Waals surface area (Å²) in [5.41, 5.74) is -1.01. The third-order valence-electron chi connectivity index (χ3n) is 6.37. The number of amides is 1. The van der Waals surface area contributed by atoms with Gasteiger partial charge in [0.15, 0.2) is 0 Å². The van der Waals surface area contributed by atoms with E-state index in [1.807, 2.05) is 32.6 Å². The molecule has 26 heavy (non-hydrogen) atoms. The minimum Gasteiger partial charge on any atom is -0.481 e. The highest BCUT2D eigenvalue weighted by atomic mass is 16.6. The molecule has 0 aromatic rings. The zero-order chi connectivity index (χ0) is 19.1. The van der Waals surface area contributed by atoms with Crippen LogP contribution in [0.25, 0.3) is 0 Å². The number of likely N-dealkylation sites (tertiary alicyclic amines) is 2. The van der Waals surface area contributed by atoms with Crippen LogP contribution in [0.4, 0.5) is 4.79 Å². The molecule has 0 aromatic heterocycles. The van der Waals surface area contributed by atoms with E-state index in [0.717, 1.165) is 45.3 Å². The number of nitrogens with zero attached hydrogens (tertiary/aromatic N) is 2. The molecule has 0 aromatic carbocycles. The van der Waals surface area contributed by atoms with Gasteiger partial charge in [0, 0.05) is 25.2 Å². The Hall–Kier alpha value is -1.30. The number of carboxylic acids is 1. The monoisotopic (exact) mass is 366 g/mol. The topological polar surface area (TPSA) is 70.1 Å². The Labute approximate surface area is 156 Å². The summed E-state index contributed by atoms with van der Waals surface area (Å²) in [5, 5.41) is 9.40. The molecule has 0 radical (unpaired) electrons. The van der Waals surface area contributed by atoms with Gasteiger partial charge in [0.25, 0.3) is 0 Å². The molecule has 2 atom stereocenters. The van der Waals surface area contributed by atoms with Crippen molar-refractivity contribution in [3.63, 3.8) is 0 Å². The molecule has 6 heteroatoms. The van der Waals surface area contributed by atoms with Crippen LogP contribution in [0.5, 0.6) is 0 Å². The van der Waals surface area contributed by atoms with Crippen molar-refractivity contribution in [3.8, 4) is 0 Å². The molecule has 3 fully saturated rings. The molecule has 0 bridgehead atoms. The second-order valence-corrected chi connectivity index (χ2v) is 9.70. The molecule has 1 amide bonds. The average molecular weight is 367 g/mol. The van der Waals surface area contributed by atoms with Gasteiger partial charge in [-0.05, 0) is 72.3 Å². The molecular weight excluding hydrogens is 332 g/mol. The predicted octanol–water partition coefficient (Wildman–Crippen LogP) is 3.35. The van der Waals surface area contributed by atoms with Crippen LogP contribution in [0.3, 0.4) is 0 Å². The molecule has 1 aliphatic carbocycles. The first-order chi connectivity index (χ1) is 12.1. The highest BCUT2D eigenvalue weighted by Crippen LogP contribution is 2.46. The van der Waals surface area contributed by atoms with Crippen LogP contribution < -0.4 is 0 Å². The lowest BCUT2D eigenvalue weighted by atomic mass is 9.65. The fraction of sp³-hybridized carbons (Fsp3) is 0.900. The number of ether oxygens (including phenoxy) is 1. The van der Waals surface area contributed by atoms with Crippen molar-refractivity contribution in [1.29, 1.82) is 0 Å². The third kappa shape index (κ3) is 4.00. The van der Waals surface area contributed by atoms with E-state index >= 15 is 0 Å². The fourth-order valence-electron chi connectivity index (χ4n) is 4.92. The van der Waals surface area contributed by atoms with E-state index in [2.05, 4.69) is 4.90 Å². The van der Waals surface area contributed by atoms with E-state index in [0.29, 0.717) is 18.0 Å². The summed E-state index contributed by atoms with van der Waals surface area (Å²) in [6, 6.07) is 0.858. The Morgan fingerprint density at radius 1 is 1.12 bits per heavy atom. The molecule has 1 saturated carbocycles. The highest BCUT2D eigenvalue weighted by molar-refractivity contribution is 5.75. The number of carbonyl (C=O) groups is 2. The van der Waals surface area contributed by atoms with Crippen LogP contribution in [-0.4, -0.2) is 64.3 Å². The van der Waals surface area contributed by atoms with Gasteiger partial charge in [-0.25, -0.2) is 4.79 Å². The number of carbonyl (C=O) groups excluding carboxylic acids is 1. The highest BCUT2D eigenvalue weighted by Gasteiger charge is 2.51. The lowest BCUT2D eigenvalue weighted by Gasteiger charge is -2.52. The van der Waals surface area contributed by atoms with Crippen LogP contribution in [0.1, 0.15) is 66.2 Å². The van der Waals surface area contributed by atoms with E-state index in [-0.39, 0.29) is 6.09 Å². The molecule has 2 heterocycles. The van der Waals surface area contributed by atoms with E-state index in [4.69, 9.17) is 4.74 Å².